The number of hydrogen-bond acceptors (Lipinski definition) is 5. The van der Waals surface area contributed by atoms with Gasteiger partial charge in [-0.25, -0.2) is 9.00 Å². The summed E-state index contributed by atoms with van der Waals surface area (Å²) in [7, 11) is -3.14. The molecule has 0 aliphatic carbocycles. The van der Waals surface area contributed by atoms with Crippen LogP contribution in [-0.4, -0.2) is 46.8 Å². The van der Waals surface area contributed by atoms with Gasteiger partial charge in [-0.05, 0) is 54.9 Å². The van der Waals surface area contributed by atoms with Gasteiger partial charge in [0.25, 0.3) is 0 Å². The van der Waals surface area contributed by atoms with Gasteiger partial charge in [0.1, 0.15) is 5.60 Å². The smallest absolute Gasteiger partial charge is 0.442 e. The predicted octanol–water partition coefficient (Wildman–Crippen LogP) is 4.09. The molecule has 2 rings (SSSR count). The third-order valence-electron chi connectivity index (χ3n) is 4.57. The average Bonchev–Trinajstić information content (AvgIpc) is 2.51. The number of ether oxygens (including phenoxy) is 1. The molecule has 1 fully saturated rings. The summed E-state index contributed by atoms with van der Waals surface area (Å²) in [5, 5.41) is 0. The van der Waals surface area contributed by atoms with Crippen molar-refractivity contribution < 1.29 is 31.7 Å². The first-order valence-electron chi connectivity index (χ1n) is 8.94. The number of nitrogens with two attached hydrogens (primary N) is 1. The number of hydrogen-bond donors (Lipinski definition) is 1. The molecule has 1 atom stereocenters. The highest BCUT2D eigenvalue weighted by Gasteiger charge is 2.66. The summed E-state index contributed by atoms with van der Waals surface area (Å²) in [5.41, 5.74) is 1.96. The zero-order chi connectivity index (χ0) is 23.1. The van der Waals surface area contributed by atoms with Gasteiger partial charge in [0.2, 0.25) is 5.91 Å². The van der Waals surface area contributed by atoms with E-state index >= 15 is 0 Å². The van der Waals surface area contributed by atoms with Crippen LogP contribution in [0.5, 0.6) is 0 Å². The minimum Gasteiger partial charge on any atom is -0.442 e. The van der Waals surface area contributed by atoms with Gasteiger partial charge >= 0.3 is 12.3 Å². The van der Waals surface area contributed by atoms with Crippen molar-refractivity contribution in [3.8, 4) is 0 Å². The molecule has 0 aromatic heterocycles. The summed E-state index contributed by atoms with van der Waals surface area (Å²) >= 11 is 3.26. The van der Waals surface area contributed by atoms with Crippen LogP contribution in [0.2, 0.25) is 0 Å². The standard InChI is InChI=1S/C18H23BrF3N3O4S/c1-5-30(28,24-15(27)29-16(2,3)4)11-6-7-13(12(19)8-11)25-9-17(10-25,14(23)26)18(20,21)22/h6-8H,5,9-10H2,1-4H3,(H2,23,26). The second kappa shape index (κ2) is 8.03. The molecule has 1 unspecified atom stereocenters. The average molecular weight is 514 g/mol. The summed E-state index contributed by atoms with van der Waals surface area (Å²) in [6.45, 7) is 5.32. The fourth-order valence-electron chi connectivity index (χ4n) is 2.88. The highest BCUT2D eigenvalue weighted by atomic mass is 79.9. The quantitative estimate of drug-likeness (QED) is 0.653. The molecule has 0 saturated carbocycles. The number of benzene rings is 1. The van der Waals surface area contributed by atoms with Gasteiger partial charge in [-0.2, -0.15) is 13.2 Å². The molecule has 0 spiro atoms. The Morgan fingerprint density at radius 2 is 1.87 bits per heavy atom. The fourth-order valence-corrected chi connectivity index (χ4v) is 5.09. The Bertz CT molecular complexity index is 976. The molecule has 1 saturated heterocycles. The number of anilines is 1. The number of rotatable bonds is 4. The van der Waals surface area contributed by atoms with Crippen molar-refractivity contribution in [3.63, 3.8) is 0 Å². The van der Waals surface area contributed by atoms with Crippen molar-refractivity contribution in [2.45, 2.75) is 44.4 Å². The van der Waals surface area contributed by atoms with E-state index in [9.17, 15) is 27.0 Å². The van der Waals surface area contributed by atoms with E-state index in [1.807, 2.05) is 0 Å². The molecule has 2 N–H and O–H groups in total. The van der Waals surface area contributed by atoms with E-state index in [2.05, 4.69) is 20.3 Å². The number of carbonyl (C=O) groups excluding carboxylic acids is 2. The van der Waals surface area contributed by atoms with Crippen LogP contribution in [-0.2, 0) is 19.3 Å². The third kappa shape index (κ3) is 4.74. The second-order valence-electron chi connectivity index (χ2n) is 7.91. The fraction of sp³-hybridized carbons (Fsp3) is 0.556. The molecule has 1 aromatic rings. The Morgan fingerprint density at radius 1 is 1.30 bits per heavy atom. The number of halogens is 4. The van der Waals surface area contributed by atoms with E-state index in [4.69, 9.17) is 10.5 Å². The molecule has 1 aromatic carbocycles. The van der Waals surface area contributed by atoms with Crippen molar-refractivity contribution in [1.82, 2.24) is 0 Å². The number of amides is 2. The van der Waals surface area contributed by atoms with E-state index < -0.39 is 52.0 Å². The Kier molecular flexibility index (Phi) is 6.54. The molecular weight excluding hydrogens is 491 g/mol. The molecule has 1 aliphatic rings. The van der Waals surface area contributed by atoms with E-state index in [1.165, 1.54) is 23.1 Å². The first-order valence-corrected chi connectivity index (χ1v) is 11.4. The lowest BCUT2D eigenvalue weighted by molar-refractivity contribution is -0.226. The van der Waals surface area contributed by atoms with Crippen LogP contribution in [0, 0.1) is 5.41 Å². The summed E-state index contributed by atoms with van der Waals surface area (Å²) in [6.07, 6.45) is -5.72. The van der Waals surface area contributed by atoms with E-state index in [-0.39, 0.29) is 10.6 Å². The molecule has 1 heterocycles. The zero-order valence-electron chi connectivity index (χ0n) is 16.9. The summed E-state index contributed by atoms with van der Waals surface area (Å²) in [6, 6.07) is 4.32. The summed E-state index contributed by atoms with van der Waals surface area (Å²) < 4.78 is 62.2. The first-order chi connectivity index (χ1) is 13.5. The van der Waals surface area contributed by atoms with E-state index in [1.54, 1.807) is 27.7 Å². The molecule has 0 radical (unpaired) electrons. The Morgan fingerprint density at radius 3 is 2.27 bits per heavy atom. The highest BCUT2D eigenvalue weighted by Crippen LogP contribution is 2.48. The lowest BCUT2D eigenvalue weighted by Crippen LogP contribution is -2.69. The number of nitrogens with zero attached hydrogens (tertiary/aromatic N) is 2. The summed E-state index contributed by atoms with van der Waals surface area (Å²) in [4.78, 5) is 25.0. The first kappa shape index (κ1) is 24.4. The van der Waals surface area contributed by atoms with Crippen molar-refractivity contribution in [2.75, 3.05) is 23.7 Å². The van der Waals surface area contributed by atoms with Crippen LogP contribution in [0.15, 0.2) is 31.9 Å². The molecule has 12 heteroatoms. The van der Waals surface area contributed by atoms with Gasteiger partial charge in [-0.3, -0.25) is 4.79 Å². The Labute approximate surface area is 181 Å². The second-order valence-corrected chi connectivity index (χ2v) is 11.3. The van der Waals surface area contributed by atoms with Gasteiger partial charge in [0.05, 0.1) is 15.4 Å². The highest BCUT2D eigenvalue weighted by molar-refractivity contribution is 9.10. The van der Waals surface area contributed by atoms with Crippen LogP contribution < -0.4 is 10.6 Å². The lowest BCUT2D eigenvalue weighted by Gasteiger charge is -2.49. The monoisotopic (exact) mass is 513 g/mol. The molecule has 168 valence electrons. The molecule has 0 bridgehead atoms. The van der Waals surface area contributed by atoms with Gasteiger partial charge in [0.15, 0.2) is 5.41 Å². The molecule has 1 aliphatic heterocycles. The lowest BCUT2D eigenvalue weighted by atomic mass is 9.78. The Balaban J connectivity index is 2.32. The largest absolute Gasteiger partial charge is 0.442 e. The summed E-state index contributed by atoms with van der Waals surface area (Å²) in [5.74, 6) is -1.40. The maximum Gasteiger partial charge on any atom is 0.442 e. The van der Waals surface area contributed by atoms with Gasteiger partial charge < -0.3 is 15.4 Å². The molecular formula is C18H23BrF3N3O4S. The maximum absolute atomic E-state index is 13.3. The van der Waals surface area contributed by atoms with Gasteiger partial charge in [0, 0.05) is 28.2 Å². The molecule has 2 amide bonds. The molecule has 30 heavy (non-hydrogen) atoms. The van der Waals surface area contributed by atoms with Crippen molar-refractivity contribution >= 4 is 43.3 Å². The van der Waals surface area contributed by atoms with Crippen LogP contribution in [0.3, 0.4) is 0 Å². The van der Waals surface area contributed by atoms with E-state index in [0.29, 0.717) is 10.2 Å². The molecule has 7 nitrogen and oxygen atoms in total. The number of carbonyl (C=O) groups is 2. The van der Waals surface area contributed by atoms with Gasteiger partial charge in [-0.15, -0.1) is 4.36 Å². The minimum absolute atomic E-state index is 0.0284. The van der Waals surface area contributed by atoms with Crippen LogP contribution >= 0.6 is 15.9 Å². The van der Waals surface area contributed by atoms with Crippen LogP contribution in [0.25, 0.3) is 0 Å². The van der Waals surface area contributed by atoms with Crippen molar-refractivity contribution in [1.29, 1.82) is 0 Å². The maximum atomic E-state index is 13.3. The van der Waals surface area contributed by atoms with E-state index in [0.717, 1.165) is 0 Å². The SMILES string of the molecule is CCS(=O)(=NC(=O)OC(C)(C)C)c1ccc(N2CC(C(N)=O)(C(F)(F)F)C2)c(Br)c1. The third-order valence-corrected chi connectivity index (χ3v) is 7.42. The number of primary amides is 1. The van der Waals surface area contributed by atoms with Crippen LogP contribution in [0.1, 0.15) is 27.7 Å². The topological polar surface area (TPSA) is 102 Å². The van der Waals surface area contributed by atoms with Crippen molar-refractivity contribution in [3.05, 3.63) is 22.7 Å². The Hall–Kier alpha value is -1.82. The zero-order valence-corrected chi connectivity index (χ0v) is 19.3. The van der Waals surface area contributed by atoms with Crippen molar-refractivity contribution in [2.24, 2.45) is 15.5 Å². The normalized spacial score (nSPS) is 18.2. The minimum atomic E-state index is -4.76. The number of alkyl halides is 3. The van der Waals surface area contributed by atoms with Crippen LogP contribution in [0.4, 0.5) is 23.7 Å². The van der Waals surface area contributed by atoms with Gasteiger partial charge in [-0.1, -0.05) is 6.92 Å². The predicted molar refractivity (Wildman–Crippen MR) is 110 cm³/mol.